The molecular weight excluding hydrogens is 995 g/mol. The SMILES string of the molecule is Brc1cc[c]([Co]([c]2ccc(Br)s2)([c]2ccc(Br)s2)[c]2ccc(Br)s2)s1.C1=Cc2cc3ccc(cc4nc(cc5ccc(cc1n2)[nH]5)C=C4)[nH]3. The molecule has 2 aliphatic rings. The van der Waals surface area contributed by atoms with Gasteiger partial charge < -0.3 is 9.97 Å². The van der Waals surface area contributed by atoms with Gasteiger partial charge in [0.25, 0.3) is 0 Å². The molecular formula is C36H22Br4CoN4S4. The summed E-state index contributed by atoms with van der Waals surface area (Å²) < 4.78 is 10.4. The number of H-pyrrole nitrogens is 2. The van der Waals surface area contributed by atoms with Crippen LogP contribution in [0.25, 0.3) is 46.4 Å². The molecule has 0 amide bonds. The van der Waals surface area contributed by atoms with Crippen LogP contribution in [0.5, 0.6) is 0 Å². The zero-order chi connectivity index (χ0) is 33.5. The molecule has 0 aliphatic carbocycles. The van der Waals surface area contributed by atoms with Gasteiger partial charge in [0, 0.05) is 22.1 Å². The minimum absolute atomic E-state index is 0.939. The van der Waals surface area contributed by atoms with Crippen molar-refractivity contribution >= 4 is 171 Å². The third-order valence-electron chi connectivity index (χ3n) is 7.14. The van der Waals surface area contributed by atoms with Gasteiger partial charge in [0.05, 0.1) is 22.8 Å². The van der Waals surface area contributed by atoms with Gasteiger partial charge in [-0.05, 0) is 72.8 Å². The van der Waals surface area contributed by atoms with E-state index in [1.165, 1.54) is 30.4 Å². The maximum absolute atomic E-state index is 4.63. The summed E-state index contributed by atoms with van der Waals surface area (Å²) >= 11 is 20.2. The van der Waals surface area contributed by atoms with Crippen molar-refractivity contribution in [3.63, 3.8) is 0 Å². The number of fused-ring (bicyclic) bond motifs is 8. The second-order valence-corrected chi connectivity index (χ2v) is 25.4. The van der Waals surface area contributed by atoms with Crippen LogP contribution in [-0.4, -0.2) is 19.9 Å². The Bertz CT molecular complexity index is 2210. The predicted octanol–water partition coefficient (Wildman–Crippen LogP) is 11.4. The van der Waals surface area contributed by atoms with Crippen LogP contribution in [0.2, 0.25) is 0 Å². The summed E-state index contributed by atoms with van der Waals surface area (Å²) in [5.41, 5.74) is 7.86. The van der Waals surface area contributed by atoms with Gasteiger partial charge in [-0.15, -0.1) is 0 Å². The number of nitrogens with one attached hydrogen (secondary N) is 2. The van der Waals surface area contributed by atoms with Crippen LogP contribution in [0.4, 0.5) is 0 Å². The molecule has 0 spiro atoms. The van der Waals surface area contributed by atoms with Crippen molar-refractivity contribution in [2.45, 2.75) is 0 Å². The van der Waals surface area contributed by atoms with Crippen LogP contribution in [-0.2, 0) is 12.6 Å². The van der Waals surface area contributed by atoms with E-state index in [-0.39, 0.29) is 0 Å². The van der Waals surface area contributed by atoms with E-state index in [2.05, 4.69) is 156 Å². The van der Waals surface area contributed by atoms with E-state index in [9.17, 15) is 0 Å². The Labute approximate surface area is 334 Å². The molecule has 0 aromatic carbocycles. The Kier molecular flexibility index (Phi) is 10.0. The molecule has 0 saturated heterocycles. The quantitative estimate of drug-likeness (QED) is 0.185. The van der Waals surface area contributed by atoms with Crippen molar-refractivity contribution in [2.24, 2.45) is 0 Å². The minimum Gasteiger partial charge on any atom is -0.355 e. The van der Waals surface area contributed by atoms with Gasteiger partial charge in [-0.2, -0.15) is 0 Å². The Balaban J connectivity index is 0.000000142. The van der Waals surface area contributed by atoms with E-state index < -0.39 is 12.6 Å². The summed E-state index contributed by atoms with van der Waals surface area (Å²) in [6.45, 7) is 0. The number of hydrogen-bond acceptors (Lipinski definition) is 6. The Morgan fingerprint density at radius 2 is 0.653 bits per heavy atom. The monoisotopic (exact) mass is 1010 g/mol. The molecule has 9 rings (SSSR count). The van der Waals surface area contributed by atoms with E-state index in [1.807, 2.05) is 93.9 Å². The molecule has 0 radical (unpaired) electrons. The van der Waals surface area contributed by atoms with Gasteiger partial charge >= 0.3 is 201 Å². The second kappa shape index (κ2) is 14.5. The number of hydrogen-bond donors (Lipinski definition) is 2. The van der Waals surface area contributed by atoms with Gasteiger partial charge in [0.1, 0.15) is 0 Å². The zero-order valence-corrected chi connectivity index (χ0v) is 35.6. The molecule has 8 bridgehead atoms. The van der Waals surface area contributed by atoms with E-state index in [0.29, 0.717) is 0 Å². The summed E-state index contributed by atoms with van der Waals surface area (Å²) in [6, 6.07) is 34.2. The van der Waals surface area contributed by atoms with Gasteiger partial charge in [-0.1, -0.05) is 0 Å². The molecule has 4 nitrogen and oxygen atoms in total. The Morgan fingerprint density at radius 3 is 0.878 bits per heavy atom. The molecule has 7 aromatic heterocycles. The fourth-order valence-corrected chi connectivity index (χ4v) is 22.4. The average Bonchev–Trinajstić information content (AvgIpc) is 3.90. The molecule has 0 saturated carbocycles. The smallest absolute Gasteiger partial charge is 0.0658 e. The fraction of sp³-hybridized carbons (Fsp3) is 0. The van der Waals surface area contributed by atoms with Crippen LogP contribution in [0.15, 0.2) is 112 Å². The van der Waals surface area contributed by atoms with Gasteiger partial charge in [0.15, 0.2) is 0 Å². The summed E-state index contributed by atoms with van der Waals surface area (Å²) in [5.74, 6) is 0. The van der Waals surface area contributed by atoms with Crippen LogP contribution in [0.1, 0.15) is 22.8 Å². The van der Waals surface area contributed by atoms with Crippen LogP contribution in [0.3, 0.4) is 0 Å². The molecule has 7 aromatic rings. The average molecular weight is 1020 g/mol. The molecule has 13 heteroatoms. The van der Waals surface area contributed by atoms with E-state index in [0.717, 1.165) is 44.8 Å². The van der Waals surface area contributed by atoms with Gasteiger partial charge in [-0.25, -0.2) is 9.97 Å². The van der Waals surface area contributed by atoms with Crippen LogP contribution >= 0.6 is 109 Å². The van der Waals surface area contributed by atoms with Crippen molar-refractivity contribution in [3.05, 3.63) is 135 Å². The first kappa shape index (κ1) is 33.9. The minimum atomic E-state index is -1.84. The molecule has 9 heterocycles. The van der Waals surface area contributed by atoms with Gasteiger partial charge in [0.2, 0.25) is 0 Å². The van der Waals surface area contributed by atoms with E-state index in [1.54, 1.807) is 0 Å². The maximum atomic E-state index is 4.63. The molecule has 2 N–H and O–H groups in total. The molecule has 0 fully saturated rings. The first-order valence-corrected chi connectivity index (χ1v) is 23.1. The summed E-state index contributed by atoms with van der Waals surface area (Å²) in [7, 11) is 0. The predicted molar refractivity (Wildman–Crippen MR) is 225 cm³/mol. The van der Waals surface area contributed by atoms with Crippen molar-refractivity contribution in [1.82, 2.24) is 19.9 Å². The number of aromatic amines is 2. The molecule has 49 heavy (non-hydrogen) atoms. The third kappa shape index (κ3) is 7.30. The Morgan fingerprint density at radius 1 is 0.388 bits per heavy atom. The van der Waals surface area contributed by atoms with E-state index >= 15 is 0 Å². The molecule has 2 aliphatic heterocycles. The van der Waals surface area contributed by atoms with Crippen molar-refractivity contribution in [3.8, 4) is 0 Å². The standard InChI is InChI=1S/C20H14N4.4C4H2BrS.Co/c1-2-14-10-16-5-6-18(23-16)12-20-8-7-19(24-20)11-17-4-3-15(22-17)9-13(1)21-14;4*5-4-2-1-3-6-4;/h1-12,21,24H;4*1-2H;. The van der Waals surface area contributed by atoms with Gasteiger partial charge in [-0.3, -0.25) is 0 Å². The number of halogens is 4. The molecule has 247 valence electrons. The summed E-state index contributed by atoms with van der Waals surface area (Å²) in [5, 5.41) is 0. The van der Waals surface area contributed by atoms with Crippen molar-refractivity contribution in [2.75, 3.05) is 0 Å². The topological polar surface area (TPSA) is 57.4 Å². The van der Waals surface area contributed by atoms with Crippen LogP contribution in [0, 0.1) is 0 Å². The number of rotatable bonds is 4. The maximum Gasteiger partial charge on any atom is 0.0658 e. The first-order chi connectivity index (χ1) is 23.8. The Hall–Kier alpha value is -2.17. The normalized spacial score (nSPS) is 12.7. The third-order valence-corrected chi connectivity index (χ3v) is 21.2. The second-order valence-electron chi connectivity index (χ2n) is 10.5. The summed E-state index contributed by atoms with van der Waals surface area (Å²) in [4.78, 5) is 16.0. The zero-order valence-electron chi connectivity index (χ0n) is 24.9. The van der Waals surface area contributed by atoms with Crippen LogP contribution < -0.4 is 15.2 Å². The number of aromatic nitrogens is 4. The molecule has 0 unspecified atom stereocenters. The summed E-state index contributed by atoms with van der Waals surface area (Å²) in [6.07, 6.45) is 8.09. The largest absolute Gasteiger partial charge is 0.355 e. The van der Waals surface area contributed by atoms with Crippen molar-refractivity contribution < 1.29 is 12.6 Å². The fourth-order valence-electron chi connectivity index (χ4n) is 5.10. The first-order valence-electron chi connectivity index (χ1n) is 14.5. The molecule has 0 atom stereocenters. The number of nitrogens with zero attached hydrogens (tertiary/aromatic N) is 2. The van der Waals surface area contributed by atoms with Crippen molar-refractivity contribution in [1.29, 1.82) is 0 Å². The van der Waals surface area contributed by atoms with E-state index in [4.69, 9.17) is 0 Å². The number of thiophene rings is 4.